The zero-order valence-electron chi connectivity index (χ0n) is 5.08. The Morgan fingerprint density at radius 3 is 2.89 bits per heavy atom. The molecule has 0 aromatic rings. The highest BCUT2D eigenvalue weighted by Gasteiger charge is 2.25. The van der Waals surface area contributed by atoms with Crippen molar-refractivity contribution in [2.45, 2.75) is 5.25 Å². The summed E-state index contributed by atoms with van der Waals surface area (Å²) in [6, 6.07) is 2.09. The van der Waals surface area contributed by atoms with Gasteiger partial charge in [-0.2, -0.15) is 5.26 Å². The summed E-state index contributed by atoms with van der Waals surface area (Å²) >= 11 is 1.39. The van der Waals surface area contributed by atoms with Crippen LogP contribution in [0.4, 0.5) is 0 Å². The predicted molar refractivity (Wildman–Crippen MR) is 37.6 cm³/mol. The molecular formula is C5H9N3S. The smallest absolute Gasteiger partial charge is 0.0866 e. The van der Waals surface area contributed by atoms with E-state index in [2.05, 4.69) is 11.0 Å². The van der Waals surface area contributed by atoms with Gasteiger partial charge in [0.1, 0.15) is 0 Å². The van der Waals surface area contributed by atoms with E-state index >= 15 is 0 Å². The summed E-state index contributed by atoms with van der Waals surface area (Å²) in [5.41, 5.74) is 0. The van der Waals surface area contributed by atoms with Gasteiger partial charge in [0.25, 0.3) is 0 Å². The van der Waals surface area contributed by atoms with E-state index in [1.807, 2.05) is 0 Å². The van der Waals surface area contributed by atoms with Gasteiger partial charge in [-0.3, -0.25) is 10.0 Å². The Kier molecular flexibility index (Phi) is 2.34. The van der Waals surface area contributed by atoms with Gasteiger partial charge in [-0.1, -0.05) is 11.9 Å². The van der Waals surface area contributed by atoms with Crippen molar-refractivity contribution >= 4 is 11.9 Å². The second-order valence-corrected chi connectivity index (χ2v) is 3.05. The van der Waals surface area contributed by atoms with Crippen LogP contribution in [0.1, 0.15) is 0 Å². The Balaban J connectivity index is 2.06. The maximum atomic E-state index is 8.23. The average Bonchev–Trinajstić information content (AvgIpc) is 1.77. The van der Waals surface area contributed by atoms with Crippen molar-refractivity contribution in [1.29, 1.82) is 5.26 Å². The first-order valence-electron chi connectivity index (χ1n) is 2.81. The molecule has 50 valence electrons. The van der Waals surface area contributed by atoms with Crippen LogP contribution in [0.25, 0.3) is 0 Å². The number of hydrogen-bond acceptors (Lipinski definition) is 4. The van der Waals surface area contributed by atoms with Gasteiger partial charge in [-0.25, -0.2) is 0 Å². The van der Waals surface area contributed by atoms with Gasteiger partial charge in [0.2, 0.25) is 0 Å². The van der Waals surface area contributed by atoms with Crippen LogP contribution in [0.3, 0.4) is 0 Å². The maximum absolute atomic E-state index is 8.23. The van der Waals surface area contributed by atoms with Crippen molar-refractivity contribution in [1.82, 2.24) is 4.90 Å². The fourth-order valence-electron chi connectivity index (χ4n) is 0.838. The van der Waals surface area contributed by atoms with Crippen LogP contribution in [0.2, 0.25) is 0 Å². The Bertz CT molecular complexity index is 125. The van der Waals surface area contributed by atoms with Gasteiger partial charge in [0, 0.05) is 18.3 Å². The molecule has 1 fully saturated rings. The van der Waals surface area contributed by atoms with Crippen LogP contribution in [0, 0.1) is 11.3 Å². The summed E-state index contributed by atoms with van der Waals surface area (Å²) in [7, 11) is 0. The molecule has 0 aromatic carbocycles. The van der Waals surface area contributed by atoms with E-state index in [1.165, 1.54) is 11.9 Å². The SMILES string of the molecule is N#CCN1CC(SN)C1. The van der Waals surface area contributed by atoms with Crippen molar-refractivity contribution in [3.05, 3.63) is 0 Å². The van der Waals surface area contributed by atoms with Gasteiger partial charge in [-0.05, 0) is 0 Å². The van der Waals surface area contributed by atoms with E-state index in [0.29, 0.717) is 11.8 Å². The molecule has 1 saturated heterocycles. The lowest BCUT2D eigenvalue weighted by Gasteiger charge is -2.35. The van der Waals surface area contributed by atoms with E-state index < -0.39 is 0 Å². The minimum Gasteiger partial charge on any atom is -0.288 e. The first-order valence-corrected chi connectivity index (χ1v) is 3.76. The third kappa shape index (κ3) is 1.58. The van der Waals surface area contributed by atoms with Crippen LogP contribution in [0.15, 0.2) is 0 Å². The Morgan fingerprint density at radius 1 is 1.78 bits per heavy atom. The summed E-state index contributed by atoms with van der Waals surface area (Å²) in [5, 5.41) is 14.1. The Morgan fingerprint density at radius 2 is 2.44 bits per heavy atom. The Hall–Kier alpha value is -0.240. The van der Waals surface area contributed by atoms with Crippen molar-refractivity contribution in [3.8, 4) is 6.07 Å². The molecule has 1 aliphatic rings. The molecule has 0 atom stereocenters. The molecule has 0 amide bonds. The topological polar surface area (TPSA) is 53.0 Å². The molecule has 4 heteroatoms. The lowest BCUT2D eigenvalue weighted by atomic mass is 10.2. The second-order valence-electron chi connectivity index (χ2n) is 2.11. The molecule has 0 spiro atoms. The first-order chi connectivity index (χ1) is 4.36. The van der Waals surface area contributed by atoms with E-state index in [9.17, 15) is 0 Å². The quantitative estimate of drug-likeness (QED) is 0.429. The molecule has 9 heavy (non-hydrogen) atoms. The standard InChI is InChI=1S/C5H9N3S/c6-1-2-8-3-5(4-8)9-7/h5H,2-4,7H2. The fourth-order valence-corrected chi connectivity index (χ4v) is 1.43. The number of hydrogen-bond donors (Lipinski definition) is 1. The number of nitrogens with zero attached hydrogens (tertiary/aromatic N) is 2. The summed E-state index contributed by atoms with van der Waals surface area (Å²) < 4.78 is 0. The summed E-state index contributed by atoms with van der Waals surface area (Å²) in [5.74, 6) is 0. The third-order valence-electron chi connectivity index (χ3n) is 1.41. The lowest BCUT2D eigenvalue weighted by Crippen LogP contribution is -2.49. The van der Waals surface area contributed by atoms with Crippen LogP contribution in [-0.2, 0) is 0 Å². The molecule has 1 rings (SSSR count). The molecule has 0 aromatic heterocycles. The van der Waals surface area contributed by atoms with Crippen LogP contribution >= 0.6 is 11.9 Å². The summed E-state index contributed by atoms with van der Waals surface area (Å²) in [6.45, 7) is 2.51. The minimum absolute atomic E-state index is 0.553. The number of nitriles is 1. The predicted octanol–water partition coefficient (Wildman–Crippen LogP) is -0.199. The Labute approximate surface area is 58.9 Å². The normalized spacial score (nSPS) is 20.9. The molecule has 0 saturated carbocycles. The lowest BCUT2D eigenvalue weighted by molar-refractivity contribution is 0.216. The zero-order valence-corrected chi connectivity index (χ0v) is 5.90. The number of likely N-dealkylation sites (tertiary alicyclic amines) is 1. The summed E-state index contributed by atoms with van der Waals surface area (Å²) in [4.78, 5) is 2.07. The minimum atomic E-state index is 0.553. The van der Waals surface area contributed by atoms with Gasteiger partial charge in [0.05, 0.1) is 12.6 Å². The van der Waals surface area contributed by atoms with Crippen LogP contribution in [-0.4, -0.2) is 29.8 Å². The fraction of sp³-hybridized carbons (Fsp3) is 0.800. The highest BCUT2D eigenvalue weighted by atomic mass is 32.2. The van der Waals surface area contributed by atoms with E-state index in [1.54, 1.807) is 0 Å². The van der Waals surface area contributed by atoms with Crippen LogP contribution in [0.5, 0.6) is 0 Å². The zero-order chi connectivity index (χ0) is 6.69. The van der Waals surface area contributed by atoms with Gasteiger partial charge in [-0.15, -0.1) is 0 Å². The second kappa shape index (κ2) is 3.06. The molecule has 3 nitrogen and oxygen atoms in total. The van der Waals surface area contributed by atoms with Gasteiger partial charge in [0.15, 0.2) is 0 Å². The van der Waals surface area contributed by atoms with E-state index in [4.69, 9.17) is 10.4 Å². The monoisotopic (exact) mass is 143 g/mol. The average molecular weight is 143 g/mol. The third-order valence-corrected chi connectivity index (χ3v) is 2.09. The summed E-state index contributed by atoms with van der Waals surface area (Å²) in [6.07, 6.45) is 0. The molecule has 1 heterocycles. The van der Waals surface area contributed by atoms with E-state index in [-0.39, 0.29) is 0 Å². The first kappa shape index (κ1) is 6.87. The van der Waals surface area contributed by atoms with Crippen molar-refractivity contribution in [2.24, 2.45) is 5.14 Å². The highest BCUT2D eigenvalue weighted by molar-refractivity contribution is 7.97. The van der Waals surface area contributed by atoms with Gasteiger partial charge < -0.3 is 0 Å². The number of nitrogens with two attached hydrogens (primary N) is 1. The maximum Gasteiger partial charge on any atom is 0.0866 e. The van der Waals surface area contributed by atoms with Crippen LogP contribution < -0.4 is 5.14 Å². The largest absolute Gasteiger partial charge is 0.288 e. The molecule has 0 aliphatic carbocycles. The highest BCUT2D eigenvalue weighted by Crippen LogP contribution is 2.16. The molecule has 0 unspecified atom stereocenters. The molecule has 2 N–H and O–H groups in total. The molecule has 1 aliphatic heterocycles. The molecule has 0 bridgehead atoms. The number of rotatable bonds is 2. The molecular weight excluding hydrogens is 134 g/mol. The van der Waals surface area contributed by atoms with Crippen molar-refractivity contribution in [3.63, 3.8) is 0 Å². The van der Waals surface area contributed by atoms with Gasteiger partial charge >= 0.3 is 0 Å². The van der Waals surface area contributed by atoms with Crippen molar-refractivity contribution in [2.75, 3.05) is 19.6 Å². The van der Waals surface area contributed by atoms with Crippen molar-refractivity contribution < 1.29 is 0 Å². The molecule has 0 radical (unpaired) electrons. The van der Waals surface area contributed by atoms with E-state index in [0.717, 1.165) is 13.1 Å².